The summed E-state index contributed by atoms with van der Waals surface area (Å²) in [5.41, 5.74) is 13.0. The lowest BCUT2D eigenvalue weighted by Gasteiger charge is -2.30. The standard InChI is InChI=1S/C13H19N3O/c1-9-4-6-16(7-5-9)13(17)10-2-3-11(14)12(15)8-10/h2-3,8-9H,4-7,14-15H2,1H3. The van der Waals surface area contributed by atoms with Crippen LogP contribution in [0.3, 0.4) is 0 Å². The molecule has 0 aliphatic carbocycles. The Morgan fingerprint density at radius 3 is 2.47 bits per heavy atom. The van der Waals surface area contributed by atoms with Crippen LogP contribution in [-0.2, 0) is 0 Å². The van der Waals surface area contributed by atoms with E-state index in [0.717, 1.165) is 31.8 Å². The van der Waals surface area contributed by atoms with Crippen molar-refractivity contribution in [3.8, 4) is 0 Å². The zero-order valence-corrected chi connectivity index (χ0v) is 10.1. The van der Waals surface area contributed by atoms with Crippen LogP contribution in [0.5, 0.6) is 0 Å². The van der Waals surface area contributed by atoms with Crippen molar-refractivity contribution in [3.05, 3.63) is 23.8 Å². The van der Waals surface area contributed by atoms with Crippen LogP contribution in [0.4, 0.5) is 11.4 Å². The van der Waals surface area contributed by atoms with Crippen molar-refractivity contribution in [2.45, 2.75) is 19.8 Å². The summed E-state index contributed by atoms with van der Waals surface area (Å²) in [5.74, 6) is 0.777. The number of likely N-dealkylation sites (tertiary alicyclic amines) is 1. The highest BCUT2D eigenvalue weighted by Crippen LogP contribution is 2.21. The van der Waals surface area contributed by atoms with Crippen molar-refractivity contribution in [2.75, 3.05) is 24.6 Å². The van der Waals surface area contributed by atoms with Gasteiger partial charge in [-0.15, -0.1) is 0 Å². The maximum absolute atomic E-state index is 12.2. The third-order valence-corrected chi connectivity index (χ3v) is 3.40. The van der Waals surface area contributed by atoms with Gasteiger partial charge in [-0.05, 0) is 37.0 Å². The molecule has 0 aromatic heterocycles. The van der Waals surface area contributed by atoms with Gasteiger partial charge in [-0.1, -0.05) is 6.92 Å². The van der Waals surface area contributed by atoms with Crippen LogP contribution < -0.4 is 11.5 Å². The minimum Gasteiger partial charge on any atom is -0.397 e. The Morgan fingerprint density at radius 1 is 1.24 bits per heavy atom. The first-order valence-corrected chi connectivity index (χ1v) is 6.02. The first kappa shape index (κ1) is 11.8. The summed E-state index contributed by atoms with van der Waals surface area (Å²) in [7, 11) is 0. The molecule has 1 amide bonds. The number of carbonyl (C=O) groups is 1. The lowest BCUT2D eigenvalue weighted by atomic mass is 9.98. The van der Waals surface area contributed by atoms with Gasteiger partial charge in [-0.2, -0.15) is 0 Å². The number of carbonyl (C=O) groups excluding carboxylic acids is 1. The van der Waals surface area contributed by atoms with E-state index in [1.165, 1.54) is 0 Å². The van der Waals surface area contributed by atoms with Gasteiger partial charge in [0.15, 0.2) is 0 Å². The Bertz CT molecular complexity index is 423. The molecule has 1 heterocycles. The van der Waals surface area contributed by atoms with Gasteiger partial charge >= 0.3 is 0 Å². The first-order valence-electron chi connectivity index (χ1n) is 6.02. The van der Waals surface area contributed by atoms with Crippen LogP contribution >= 0.6 is 0 Å². The van der Waals surface area contributed by atoms with Gasteiger partial charge < -0.3 is 16.4 Å². The quantitative estimate of drug-likeness (QED) is 0.725. The molecule has 4 N–H and O–H groups in total. The Balaban J connectivity index is 2.11. The summed E-state index contributed by atoms with van der Waals surface area (Å²) in [4.78, 5) is 14.1. The second kappa shape index (κ2) is 4.65. The molecule has 1 fully saturated rings. The minimum atomic E-state index is 0.0589. The van der Waals surface area contributed by atoms with Crippen LogP contribution in [0.2, 0.25) is 0 Å². The average Bonchev–Trinajstić information content (AvgIpc) is 2.33. The highest BCUT2D eigenvalue weighted by atomic mass is 16.2. The highest BCUT2D eigenvalue weighted by molar-refractivity contribution is 5.96. The fourth-order valence-electron chi connectivity index (χ4n) is 2.10. The van der Waals surface area contributed by atoms with Crippen LogP contribution in [0, 0.1) is 5.92 Å². The molecule has 17 heavy (non-hydrogen) atoms. The molecule has 0 saturated carbocycles. The third-order valence-electron chi connectivity index (χ3n) is 3.40. The van der Waals surface area contributed by atoms with Crippen LogP contribution in [0.1, 0.15) is 30.1 Å². The molecule has 1 aliphatic rings. The number of rotatable bonds is 1. The molecule has 1 aromatic carbocycles. The van der Waals surface area contributed by atoms with E-state index in [2.05, 4.69) is 6.92 Å². The number of benzene rings is 1. The third kappa shape index (κ3) is 2.52. The molecule has 2 rings (SSSR count). The van der Waals surface area contributed by atoms with E-state index in [1.54, 1.807) is 18.2 Å². The number of piperidine rings is 1. The zero-order chi connectivity index (χ0) is 12.4. The Labute approximate surface area is 102 Å². The lowest BCUT2D eigenvalue weighted by molar-refractivity contribution is 0.0697. The molecule has 92 valence electrons. The van der Waals surface area contributed by atoms with Gasteiger partial charge in [0.25, 0.3) is 5.91 Å². The second-order valence-corrected chi connectivity index (χ2v) is 4.82. The summed E-state index contributed by atoms with van der Waals surface area (Å²) < 4.78 is 0. The normalized spacial score (nSPS) is 17.1. The van der Waals surface area contributed by atoms with Gasteiger partial charge in [-0.25, -0.2) is 0 Å². The molecule has 0 radical (unpaired) electrons. The van der Waals surface area contributed by atoms with E-state index in [0.29, 0.717) is 16.9 Å². The molecular formula is C13H19N3O. The largest absolute Gasteiger partial charge is 0.397 e. The predicted octanol–water partition coefficient (Wildman–Crippen LogP) is 1.72. The summed E-state index contributed by atoms with van der Waals surface area (Å²) in [6.45, 7) is 3.90. The van der Waals surface area contributed by atoms with E-state index in [9.17, 15) is 4.79 Å². The number of hydrogen-bond acceptors (Lipinski definition) is 3. The van der Waals surface area contributed by atoms with Crippen LogP contribution in [0.15, 0.2) is 18.2 Å². The molecule has 4 heteroatoms. The maximum Gasteiger partial charge on any atom is 0.253 e. The van der Waals surface area contributed by atoms with Gasteiger partial charge in [0.05, 0.1) is 11.4 Å². The first-order chi connectivity index (χ1) is 8.08. The molecule has 0 spiro atoms. The number of anilines is 2. The average molecular weight is 233 g/mol. The second-order valence-electron chi connectivity index (χ2n) is 4.82. The summed E-state index contributed by atoms with van der Waals surface area (Å²) >= 11 is 0. The van der Waals surface area contributed by atoms with Gasteiger partial charge in [0.1, 0.15) is 0 Å². The topological polar surface area (TPSA) is 72.3 Å². The van der Waals surface area contributed by atoms with E-state index < -0.39 is 0 Å². The molecule has 0 bridgehead atoms. The highest BCUT2D eigenvalue weighted by Gasteiger charge is 2.21. The molecule has 0 unspecified atom stereocenters. The smallest absolute Gasteiger partial charge is 0.253 e. The Hall–Kier alpha value is -1.71. The summed E-state index contributed by atoms with van der Waals surface area (Å²) in [5, 5.41) is 0. The lowest BCUT2D eigenvalue weighted by Crippen LogP contribution is -2.37. The Kier molecular flexibility index (Phi) is 3.22. The number of hydrogen-bond donors (Lipinski definition) is 2. The van der Waals surface area contributed by atoms with E-state index in [4.69, 9.17) is 11.5 Å². The molecule has 0 atom stereocenters. The van der Waals surface area contributed by atoms with Crippen molar-refractivity contribution in [1.29, 1.82) is 0 Å². The van der Waals surface area contributed by atoms with Gasteiger partial charge in [0, 0.05) is 18.7 Å². The van der Waals surface area contributed by atoms with Crippen molar-refractivity contribution in [1.82, 2.24) is 4.90 Å². The fraction of sp³-hybridized carbons (Fsp3) is 0.462. The van der Waals surface area contributed by atoms with Gasteiger partial charge in [-0.3, -0.25) is 4.79 Å². The van der Waals surface area contributed by atoms with E-state index in [1.807, 2.05) is 4.90 Å². The fourth-order valence-corrected chi connectivity index (χ4v) is 2.10. The van der Waals surface area contributed by atoms with Crippen molar-refractivity contribution in [3.63, 3.8) is 0 Å². The zero-order valence-electron chi connectivity index (χ0n) is 10.1. The van der Waals surface area contributed by atoms with E-state index in [-0.39, 0.29) is 5.91 Å². The maximum atomic E-state index is 12.2. The van der Waals surface area contributed by atoms with Gasteiger partial charge in [0.2, 0.25) is 0 Å². The monoisotopic (exact) mass is 233 g/mol. The van der Waals surface area contributed by atoms with Crippen molar-refractivity contribution < 1.29 is 4.79 Å². The van der Waals surface area contributed by atoms with Crippen LogP contribution in [0.25, 0.3) is 0 Å². The predicted molar refractivity (Wildman–Crippen MR) is 69.6 cm³/mol. The SMILES string of the molecule is CC1CCN(C(=O)c2ccc(N)c(N)c2)CC1. The number of nitrogens with zero attached hydrogens (tertiary/aromatic N) is 1. The Morgan fingerprint density at radius 2 is 1.88 bits per heavy atom. The van der Waals surface area contributed by atoms with Crippen molar-refractivity contribution >= 4 is 17.3 Å². The molecule has 1 aromatic rings. The molecule has 1 saturated heterocycles. The number of nitrogen functional groups attached to an aromatic ring is 2. The van der Waals surface area contributed by atoms with Crippen LogP contribution in [-0.4, -0.2) is 23.9 Å². The number of nitrogens with two attached hydrogens (primary N) is 2. The number of amides is 1. The molecule has 1 aliphatic heterocycles. The molecule has 4 nitrogen and oxygen atoms in total. The van der Waals surface area contributed by atoms with Crippen molar-refractivity contribution in [2.24, 2.45) is 5.92 Å². The summed E-state index contributed by atoms with van der Waals surface area (Å²) in [6, 6.07) is 5.09. The minimum absolute atomic E-state index is 0.0589. The molecular weight excluding hydrogens is 214 g/mol. The summed E-state index contributed by atoms with van der Waals surface area (Å²) in [6.07, 6.45) is 2.16. The van der Waals surface area contributed by atoms with E-state index >= 15 is 0 Å².